The van der Waals surface area contributed by atoms with Gasteiger partial charge in [0.1, 0.15) is 0 Å². The molecule has 2 heteroatoms. The third kappa shape index (κ3) is 2.60. The van der Waals surface area contributed by atoms with E-state index in [4.69, 9.17) is 0 Å². The number of hydrogen-bond acceptors (Lipinski definition) is 1. The molecule has 24 valence electrons. The maximum absolute atomic E-state index is 9.49. The van der Waals surface area contributed by atoms with Gasteiger partial charge in [-0.25, -0.2) is 0 Å². The van der Waals surface area contributed by atoms with Crippen LogP contribution in [0.2, 0.25) is 4.44 Å². The molecule has 0 bridgehead atoms. The predicted octanol–water partition coefficient (Wildman–Crippen LogP) is 0.207. The topological polar surface area (TPSA) is 17.1 Å². The van der Waals surface area contributed by atoms with Gasteiger partial charge in [-0.2, -0.15) is 0 Å². The molecule has 0 fully saturated rings. The average molecular weight is 165 g/mol. The van der Waals surface area contributed by atoms with E-state index in [-0.39, 0.29) is 0 Å². The average Bonchev–Trinajstić information content (AvgIpc) is 1.37. The van der Waals surface area contributed by atoms with Crippen LogP contribution in [0.25, 0.3) is 0 Å². The second-order valence-corrected chi connectivity index (χ2v) is 3.86. The SMILES string of the molecule is C[CH2][SnH]=[O]. The van der Waals surface area contributed by atoms with Crippen molar-refractivity contribution >= 4 is 21.1 Å². The van der Waals surface area contributed by atoms with Crippen molar-refractivity contribution in [2.75, 3.05) is 0 Å². The summed E-state index contributed by atoms with van der Waals surface area (Å²) in [5.74, 6) is 0. The van der Waals surface area contributed by atoms with Gasteiger partial charge in [-0.05, 0) is 0 Å². The Labute approximate surface area is 36.0 Å². The van der Waals surface area contributed by atoms with Crippen LogP contribution in [-0.4, -0.2) is 21.1 Å². The minimum absolute atomic E-state index is 0.954. The van der Waals surface area contributed by atoms with E-state index in [1.54, 1.807) is 0 Å². The Morgan fingerprint density at radius 1 is 2.00 bits per heavy atom. The number of rotatable bonds is 1. The summed E-state index contributed by atoms with van der Waals surface area (Å²) in [5, 5.41) is 0. The number of hydrogen-bond donors (Lipinski definition) is 0. The quantitative estimate of drug-likeness (QED) is 0.507. The monoisotopic (exact) mass is 166 g/mol. The van der Waals surface area contributed by atoms with Crippen molar-refractivity contribution in [2.24, 2.45) is 0 Å². The molecule has 0 amide bonds. The third-order valence-electron chi connectivity index (χ3n) is 0.167. The van der Waals surface area contributed by atoms with E-state index in [1.165, 1.54) is 0 Å². The van der Waals surface area contributed by atoms with E-state index in [0.29, 0.717) is 0 Å². The van der Waals surface area contributed by atoms with Gasteiger partial charge >= 0.3 is 35.6 Å². The first-order valence-electron chi connectivity index (χ1n) is 1.35. The van der Waals surface area contributed by atoms with E-state index >= 15 is 0 Å². The molecule has 0 aromatic heterocycles. The van der Waals surface area contributed by atoms with Crippen LogP contribution >= 0.6 is 0 Å². The molecule has 0 spiro atoms. The minimum atomic E-state index is -1.16. The summed E-state index contributed by atoms with van der Waals surface area (Å²) in [6.45, 7) is 1.95. The van der Waals surface area contributed by atoms with Crippen molar-refractivity contribution in [3.8, 4) is 0 Å². The van der Waals surface area contributed by atoms with Gasteiger partial charge in [-0.15, -0.1) is 0 Å². The summed E-state index contributed by atoms with van der Waals surface area (Å²) in [7, 11) is 0. The van der Waals surface area contributed by atoms with Gasteiger partial charge in [0, 0.05) is 0 Å². The van der Waals surface area contributed by atoms with Crippen LogP contribution in [0.3, 0.4) is 0 Å². The molecule has 0 aliphatic carbocycles. The van der Waals surface area contributed by atoms with Gasteiger partial charge in [-0.1, -0.05) is 0 Å². The molecule has 0 radical (unpaired) electrons. The van der Waals surface area contributed by atoms with Crippen LogP contribution in [-0.2, 0) is 3.08 Å². The van der Waals surface area contributed by atoms with Gasteiger partial charge in [-0.3, -0.25) is 0 Å². The zero-order valence-corrected chi connectivity index (χ0v) is 5.99. The van der Waals surface area contributed by atoms with E-state index < -0.39 is 21.1 Å². The molecule has 0 aliphatic heterocycles. The van der Waals surface area contributed by atoms with Gasteiger partial charge in [0.15, 0.2) is 0 Å². The van der Waals surface area contributed by atoms with Gasteiger partial charge in [0.05, 0.1) is 0 Å². The third-order valence-corrected chi connectivity index (χ3v) is 1.12. The fourth-order valence-corrected chi connectivity index (χ4v) is 0. The first-order valence-corrected chi connectivity index (χ1v) is 5.03. The van der Waals surface area contributed by atoms with Gasteiger partial charge < -0.3 is 0 Å². The zero-order valence-electron chi connectivity index (χ0n) is 2.69. The van der Waals surface area contributed by atoms with Crippen molar-refractivity contribution in [1.82, 2.24) is 0 Å². The summed E-state index contributed by atoms with van der Waals surface area (Å²) in [6.07, 6.45) is 0. The van der Waals surface area contributed by atoms with E-state index in [1.807, 2.05) is 6.92 Å². The summed E-state index contributed by atoms with van der Waals surface area (Å²) >= 11 is -1.16. The Bertz CT molecular complexity index is 20.0. The molecule has 1 nitrogen and oxygen atoms in total. The molecule has 0 N–H and O–H groups in total. The molecule has 0 aromatic carbocycles. The maximum atomic E-state index is 9.49. The first-order chi connectivity index (χ1) is 1.91. The first kappa shape index (κ1) is 4.60. The standard InChI is InChI=1S/C2H5.O.Sn.H/c1-2;;;/h1H2,2H3;;;. The second-order valence-electron chi connectivity index (χ2n) is 0.575. The molecule has 0 saturated carbocycles. The molecular weight excluding hydrogens is 159 g/mol. The molecule has 0 rings (SSSR count). The molecular formula is C2H6OSn. The van der Waals surface area contributed by atoms with Crippen LogP contribution in [0, 0.1) is 0 Å². The summed E-state index contributed by atoms with van der Waals surface area (Å²) in [6, 6.07) is 0. The Morgan fingerprint density at radius 2 is 2.25 bits per heavy atom. The van der Waals surface area contributed by atoms with E-state index in [0.717, 1.165) is 4.44 Å². The normalized spacial score (nSPS) is 6.25. The van der Waals surface area contributed by atoms with Crippen molar-refractivity contribution in [3.05, 3.63) is 0 Å². The van der Waals surface area contributed by atoms with Crippen LogP contribution in [0.4, 0.5) is 0 Å². The van der Waals surface area contributed by atoms with E-state index in [2.05, 4.69) is 0 Å². The molecule has 4 heavy (non-hydrogen) atoms. The predicted molar refractivity (Wildman–Crippen MR) is 18.3 cm³/mol. The fraction of sp³-hybridized carbons (Fsp3) is 1.00. The Morgan fingerprint density at radius 3 is 2.25 bits per heavy atom. The molecule has 0 heterocycles. The van der Waals surface area contributed by atoms with Crippen LogP contribution in [0.5, 0.6) is 0 Å². The van der Waals surface area contributed by atoms with Gasteiger partial charge in [0.25, 0.3) is 0 Å². The molecule has 0 aromatic rings. The Balaban J connectivity index is 2.30. The molecule has 0 atom stereocenters. The van der Waals surface area contributed by atoms with Crippen molar-refractivity contribution in [1.29, 1.82) is 0 Å². The summed E-state index contributed by atoms with van der Waals surface area (Å²) < 4.78 is 10.4. The Hall–Kier alpha value is 0.599. The summed E-state index contributed by atoms with van der Waals surface area (Å²) in [4.78, 5) is 0. The molecule has 0 saturated heterocycles. The van der Waals surface area contributed by atoms with Crippen molar-refractivity contribution < 1.29 is 3.08 Å². The van der Waals surface area contributed by atoms with Gasteiger partial charge in [0.2, 0.25) is 0 Å². The molecule has 0 unspecified atom stereocenters. The Kier molecular flexibility index (Phi) is 4.14. The molecule has 0 aliphatic rings. The van der Waals surface area contributed by atoms with Crippen LogP contribution < -0.4 is 0 Å². The van der Waals surface area contributed by atoms with E-state index in [9.17, 15) is 3.08 Å². The zero-order chi connectivity index (χ0) is 3.41. The van der Waals surface area contributed by atoms with Crippen LogP contribution in [0.15, 0.2) is 0 Å². The van der Waals surface area contributed by atoms with Crippen molar-refractivity contribution in [3.63, 3.8) is 0 Å². The summed E-state index contributed by atoms with van der Waals surface area (Å²) in [5.41, 5.74) is 0. The second kappa shape index (κ2) is 3.60. The van der Waals surface area contributed by atoms with Crippen LogP contribution in [0.1, 0.15) is 6.92 Å². The van der Waals surface area contributed by atoms with Crippen molar-refractivity contribution in [2.45, 2.75) is 11.4 Å². The fourth-order valence-electron chi connectivity index (χ4n) is 0.